The zero-order valence-corrected chi connectivity index (χ0v) is 16.5. The number of carbonyl (C=O) groups excluding carboxylic acids is 1. The Balaban J connectivity index is 1.50. The van der Waals surface area contributed by atoms with Crippen molar-refractivity contribution in [1.82, 2.24) is 4.90 Å². The first-order valence-corrected chi connectivity index (χ1v) is 9.47. The van der Waals surface area contributed by atoms with Crippen molar-refractivity contribution in [3.05, 3.63) is 57.5 Å². The van der Waals surface area contributed by atoms with Crippen molar-refractivity contribution in [1.29, 1.82) is 0 Å². The number of aryl methyl sites for hydroxylation is 1. The van der Waals surface area contributed by atoms with E-state index >= 15 is 0 Å². The van der Waals surface area contributed by atoms with Crippen LogP contribution < -0.4 is 10.2 Å². The SMILES string of the molecule is Cc1ccc(NC(=O)CN2CCN(c3ccc(Cl)cc3)CC2)c(Br)c1. The zero-order chi connectivity index (χ0) is 17.8. The summed E-state index contributed by atoms with van der Waals surface area (Å²) in [6.07, 6.45) is 0. The monoisotopic (exact) mass is 421 g/mol. The average Bonchev–Trinajstić information content (AvgIpc) is 2.59. The maximum absolute atomic E-state index is 12.3. The lowest BCUT2D eigenvalue weighted by atomic mass is 10.2. The number of hydrogen-bond donors (Lipinski definition) is 1. The summed E-state index contributed by atoms with van der Waals surface area (Å²) < 4.78 is 0.911. The number of piperazine rings is 1. The fraction of sp³-hybridized carbons (Fsp3) is 0.316. The molecule has 0 aliphatic carbocycles. The molecular weight excluding hydrogens is 402 g/mol. The van der Waals surface area contributed by atoms with Crippen LogP contribution in [-0.2, 0) is 4.79 Å². The molecule has 0 bridgehead atoms. The summed E-state index contributed by atoms with van der Waals surface area (Å²) in [7, 11) is 0. The lowest BCUT2D eigenvalue weighted by molar-refractivity contribution is -0.117. The number of halogens is 2. The van der Waals surface area contributed by atoms with E-state index < -0.39 is 0 Å². The number of rotatable bonds is 4. The van der Waals surface area contributed by atoms with E-state index in [0.717, 1.165) is 46.9 Å². The molecule has 4 nitrogen and oxygen atoms in total. The van der Waals surface area contributed by atoms with Crippen molar-refractivity contribution in [3.63, 3.8) is 0 Å². The lowest BCUT2D eigenvalue weighted by Crippen LogP contribution is -2.48. The van der Waals surface area contributed by atoms with Gasteiger partial charge < -0.3 is 10.2 Å². The van der Waals surface area contributed by atoms with E-state index in [1.165, 1.54) is 5.69 Å². The van der Waals surface area contributed by atoms with Gasteiger partial charge in [0.1, 0.15) is 0 Å². The van der Waals surface area contributed by atoms with Crippen molar-refractivity contribution in [2.75, 3.05) is 42.9 Å². The van der Waals surface area contributed by atoms with E-state index in [4.69, 9.17) is 11.6 Å². The topological polar surface area (TPSA) is 35.6 Å². The van der Waals surface area contributed by atoms with E-state index in [9.17, 15) is 4.79 Å². The van der Waals surface area contributed by atoms with Crippen LogP contribution in [0.2, 0.25) is 5.02 Å². The smallest absolute Gasteiger partial charge is 0.238 e. The van der Waals surface area contributed by atoms with E-state index in [1.54, 1.807) is 0 Å². The van der Waals surface area contributed by atoms with Gasteiger partial charge in [0.15, 0.2) is 0 Å². The molecule has 1 saturated heterocycles. The molecule has 0 radical (unpaired) electrons. The molecule has 0 aromatic heterocycles. The normalized spacial score (nSPS) is 15.2. The van der Waals surface area contributed by atoms with E-state index in [-0.39, 0.29) is 5.91 Å². The fourth-order valence-electron chi connectivity index (χ4n) is 2.93. The highest BCUT2D eigenvalue weighted by Crippen LogP contribution is 2.23. The van der Waals surface area contributed by atoms with Gasteiger partial charge in [-0.15, -0.1) is 0 Å². The molecule has 1 aliphatic rings. The van der Waals surface area contributed by atoms with E-state index in [1.807, 2.05) is 49.4 Å². The van der Waals surface area contributed by atoms with E-state index in [2.05, 4.69) is 31.0 Å². The van der Waals surface area contributed by atoms with Gasteiger partial charge in [-0.3, -0.25) is 9.69 Å². The molecule has 1 aliphatic heterocycles. The van der Waals surface area contributed by atoms with Crippen LogP contribution in [0.15, 0.2) is 46.9 Å². The molecule has 0 atom stereocenters. The number of hydrogen-bond acceptors (Lipinski definition) is 3. The Morgan fingerprint density at radius 2 is 1.80 bits per heavy atom. The average molecular weight is 423 g/mol. The number of benzene rings is 2. The van der Waals surface area contributed by atoms with Crippen LogP contribution in [0.5, 0.6) is 0 Å². The number of amides is 1. The number of carbonyl (C=O) groups is 1. The Bertz CT molecular complexity index is 743. The Morgan fingerprint density at radius 1 is 1.12 bits per heavy atom. The van der Waals surface area contributed by atoms with Gasteiger partial charge in [0.25, 0.3) is 0 Å². The van der Waals surface area contributed by atoms with Gasteiger partial charge in [0, 0.05) is 41.4 Å². The minimum absolute atomic E-state index is 0.0181. The summed E-state index contributed by atoms with van der Waals surface area (Å²) in [5.74, 6) is 0.0181. The van der Waals surface area contributed by atoms with Crippen molar-refractivity contribution >= 4 is 44.8 Å². The zero-order valence-electron chi connectivity index (χ0n) is 14.1. The second-order valence-electron chi connectivity index (χ2n) is 6.27. The Labute approximate surface area is 161 Å². The third-order valence-electron chi connectivity index (χ3n) is 4.33. The minimum atomic E-state index is 0.0181. The molecule has 132 valence electrons. The fourth-order valence-corrected chi connectivity index (χ4v) is 3.65. The molecule has 1 N–H and O–H groups in total. The molecule has 25 heavy (non-hydrogen) atoms. The number of anilines is 2. The highest BCUT2D eigenvalue weighted by atomic mass is 79.9. The van der Waals surface area contributed by atoms with Crippen molar-refractivity contribution < 1.29 is 4.79 Å². The first-order valence-electron chi connectivity index (χ1n) is 8.30. The Hall–Kier alpha value is -1.56. The predicted octanol–water partition coefficient (Wildman–Crippen LogP) is 4.17. The highest BCUT2D eigenvalue weighted by Gasteiger charge is 2.19. The molecule has 3 rings (SSSR count). The van der Waals surface area contributed by atoms with Crippen molar-refractivity contribution in [2.45, 2.75) is 6.92 Å². The number of nitrogens with one attached hydrogen (secondary N) is 1. The second-order valence-corrected chi connectivity index (χ2v) is 7.56. The van der Waals surface area contributed by atoms with Crippen LogP contribution in [0.1, 0.15) is 5.56 Å². The van der Waals surface area contributed by atoms with Crippen molar-refractivity contribution in [3.8, 4) is 0 Å². The molecule has 0 spiro atoms. The summed E-state index contributed by atoms with van der Waals surface area (Å²) in [5.41, 5.74) is 3.15. The predicted molar refractivity (Wildman–Crippen MR) is 108 cm³/mol. The number of nitrogens with zero attached hydrogens (tertiary/aromatic N) is 2. The van der Waals surface area contributed by atoms with Gasteiger partial charge in [-0.1, -0.05) is 17.7 Å². The molecule has 2 aromatic carbocycles. The summed E-state index contributed by atoms with van der Waals surface area (Å²) in [6, 6.07) is 13.8. The van der Waals surface area contributed by atoms with Crippen LogP contribution >= 0.6 is 27.5 Å². The molecule has 1 amide bonds. The Morgan fingerprint density at radius 3 is 2.44 bits per heavy atom. The molecule has 2 aromatic rings. The van der Waals surface area contributed by atoms with Crippen LogP contribution in [-0.4, -0.2) is 43.5 Å². The molecular formula is C19H21BrClN3O. The maximum Gasteiger partial charge on any atom is 0.238 e. The summed E-state index contributed by atoms with van der Waals surface area (Å²) >= 11 is 9.44. The molecule has 0 unspecified atom stereocenters. The van der Waals surface area contributed by atoms with Crippen LogP contribution in [0.25, 0.3) is 0 Å². The van der Waals surface area contributed by atoms with E-state index in [0.29, 0.717) is 6.54 Å². The quantitative estimate of drug-likeness (QED) is 0.803. The maximum atomic E-state index is 12.3. The molecule has 1 fully saturated rings. The van der Waals surface area contributed by atoms with Gasteiger partial charge in [-0.2, -0.15) is 0 Å². The lowest BCUT2D eigenvalue weighted by Gasteiger charge is -2.35. The van der Waals surface area contributed by atoms with Gasteiger partial charge in [0.2, 0.25) is 5.91 Å². The summed E-state index contributed by atoms with van der Waals surface area (Å²) in [4.78, 5) is 16.8. The van der Waals surface area contributed by atoms with Crippen LogP contribution in [0.4, 0.5) is 11.4 Å². The van der Waals surface area contributed by atoms with Gasteiger partial charge >= 0.3 is 0 Å². The standard InChI is InChI=1S/C19H21BrClN3O/c1-14-2-7-18(17(20)12-14)22-19(25)13-23-8-10-24(11-9-23)16-5-3-15(21)4-6-16/h2-7,12H,8-11,13H2,1H3,(H,22,25). The van der Waals surface area contributed by atoms with Gasteiger partial charge in [-0.05, 0) is 64.8 Å². The van der Waals surface area contributed by atoms with Gasteiger partial charge in [-0.25, -0.2) is 0 Å². The highest BCUT2D eigenvalue weighted by molar-refractivity contribution is 9.10. The summed E-state index contributed by atoms with van der Waals surface area (Å²) in [6.45, 7) is 5.98. The molecule has 1 heterocycles. The van der Waals surface area contributed by atoms with Crippen LogP contribution in [0, 0.1) is 6.92 Å². The molecule has 6 heteroatoms. The minimum Gasteiger partial charge on any atom is -0.369 e. The van der Waals surface area contributed by atoms with Crippen LogP contribution in [0.3, 0.4) is 0 Å². The molecule has 0 saturated carbocycles. The second kappa shape index (κ2) is 8.21. The van der Waals surface area contributed by atoms with Crippen molar-refractivity contribution in [2.24, 2.45) is 0 Å². The Kier molecular flexibility index (Phi) is 5.99. The first-order chi connectivity index (χ1) is 12.0. The first kappa shape index (κ1) is 18.2. The third kappa shape index (κ3) is 4.97. The largest absolute Gasteiger partial charge is 0.369 e. The summed E-state index contributed by atoms with van der Waals surface area (Å²) in [5, 5.41) is 3.73. The van der Waals surface area contributed by atoms with Gasteiger partial charge in [0.05, 0.1) is 12.2 Å². The third-order valence-corrected chi connectivity index (χ3v) is 5.24.